The largest absolute Gasteiger partial charge is 0.375 e. The van der Waals surface area contributed by atoms with Gasteiger partial charge < -0.3 is 10.1 Å². The highest BCUT2D eigenvalue weighted by atomic mass is 16.5. The Bertz CT molecular complexity index is 402. The molecule has 1 aromatic heterocycles. The molecule has 1 rings (SSSR count). The summed E-state index contributed by atoms with van der Waals surface area (Å²) in [6.45, 7) is 13.6. The van der Waals surface area contributed by atoms with E-state index in [2.05, 4.69) is 21.9 Å². The number of hydrogen-bond donors (Lipinski definition) is 1. The van der Waals surface area contributed by atoms with Crippen LogP contribution in [0.2, 0.25) is 0 Å². The quantitative estimate of drug-likeness (QED) is 0.607. The maximum absolute atomic E-state index is 5.41. The maximum Gasteiger partial charge on any atom is 0.132 e. The van der Waals surface area contributed by atoms with E-state index in [4.69, 9.17) is 4.74 Å². The molecule has 1 heterocycles. The number of ether oxygens (including phenoxy) is 1. The van der Waals surface area contributed by atoms with E-state index in [1.807, 2.05) is 27.7 Å². The lowest BCUT2D eigenvalue weighted by Gasteiger charge is -2.11. The first-order valence-corrected chi connectivity index (χ1v) is 5.78. The molecule has 17 heavy (non-hydrogen) atoms. The molecule has 0 amide bonds. The van der Waals surface area contributed by atoms with Crippen molar-refractivity contribution >= 4 is 5.82 Å². The van der Waals surface area contributed by atoms with Crippen LogP contribution in [0, 0.1) is 20.8 Å². The van der Waals surface area contributed by atoms with Crippen molar-refractivity contribution in [1.29, 1.82) is 0 Å². The Labute approximate surface area is 103 Å². The predicted octanol–water partition coefficient (Wildman–Crippen LogP) is 2.41. The van der Waals surface area contributed by atoms with Gasteiger partial charge in [0.2, 0.25) is 0 Å². The van der Waals surface area contributed by atoms with Gasteiger partial charge in [-0.05, 0) is 27.7 Å². The zero-order valence-corrected chi connectivity index (χ0v) is 11.1. The molecule has 4 nitrogen and oxygen atoms in total. The predicted molar refractivity (Wildman–Crippen MR) is 70.4 cm³/mol. The van der Waals surface area contributed by atoms with Gasteiger partial charge in [-0.2, -0.15) is 0 Å². The summed E-state index contributed by atoms with van der Waals surface area (Å²) in [7, 11) is 0. The molecule has 0 fully saturated rings. The zero-order valence-electron chi connectivity index (χ0n) is 11.1. The second-order valence-electron chi connectivity index (χ2n) is 4.27. The molecule has 0 saturated heterocycles. The summed E-state index contributed by atoms with van der Waals surface area (Å²) >= 11 is 0. The number of hydrogen-bond acceptors (Lipinski definition) is 4. The molecule has 0 saturated carbocycles. The van der Waals surface area contributed by atoms with Crippen LogP contribution in [0.4, 0.5) is 5.82 Å². The van der Waals surface area contributed by atoms with Crippen molar-refractivity contribution in [1.82, 2.24) is 9.97 Å². The first-order chi connectivity index (χ1) is 8.00. The van der Waals surface area contributed by atoms with Crippen molar-refractivity contribution in [2.45, 2.75) is 27.7 Å². The molecular formula is C13H21N3O. The van der Waals surface area contributed by atoms with Crippen LogP contribution >= 0.6 is 0 Å². The minimum absolute atomic E-state index is 0.614. The lowest BCUT2D eigenvalue weighted by molar-refractivity contribution is 0.167. The molecule has 1 N–H and O–H groups in total. The van der Waals surface area contributed by atoms with Crippen LogP contribution in [0.15, 0.2) is 12.2 Å². The molecular weight excluding hydrogens is 214 g/mol. The van der Waals surface area contributed by atoms with E-state index in [-0.39, 0.29) is 0 Å². The van der Waals surface area contributed by atoms with Crippen LogP contribution in [0.3, 0.4) is 0 Å². The highest BCUT2D eigenvalue weighted by molar-refractivity contribution is 5.45. The SMILES string of the molecule is C=C(C)COCCNc1nc(C)nc(C)c1C. The molecule has 0 unspecified atom stereocenters. The summed E-state index contributed by atoms with van der Waals surface area (Å²) < 4.78 is 5.41. The average Bonchev–Trinajstić information content (AvgIpc) is 2.23. The van der Waals surface area contributed by atoms with Gasteiger partial charge in [-0.15, -0.1) is 0 Å². The Morgan fingerprint density at radius 1 is 1.29 bits per heavy atom. The van der Waals surface area contributed by atoms with Gasteiger partial charge in [-0.3, -0.25) is 0 Å². The third-order valence-electron chi connectivity index (χ3n) is 2.39. The molecule has 0 radical (unpaired) electrons. The highest BCUT2D eigenvalue weighted by Crippen LogP contribution is 2.13. The summed E-state index contributed by atoms with van der Waals surface area (Å²) in [5.74, 6) is 1.69. The van der Waals surface area contributed by atoms with Crippen molar-refractivity contribution in [3.05, 3.63) is 29.2 Å². The van der Waals surface area contributed by atoms with Gasteiger partial charge in [0.1, 0.15) is 11.6 Å². The lowest BCUT2D eigenvalue weighted by Crippen LogP contribution is -2.13. The molecule has 0 aliphatic heterocycles. The van der Waals surface area contributed by atoms with Crippen molar-refractivity contribution in [2.75, 3.05) is 25.1 Å². The Hall–Kier alpha value is -1.42. The van der Waals surface area contributed by atoms with Crippen molar-refractivity contribution in [3.63, 3.8) is 0 Å². The smallest absolute Gasteiger partial charge is 0.132 e. The van der Waals surface area contributed by atoms with Crippen LogP contribution in [-0.2, 0) is 4.74 Å². The standard InChI is InChI=1S/C13H21N3O/c1-9(2)8-17-7-6-14-13-10(3)11(4)15-12(5)16-13/h1,6-8H2,2-5H3,(H,14,15,16). The maximum atomic E-state index is 5.41. The number of nitrogens with zero attached hydrogens (tertiary/aromatic N) is 2. The van der Waals surface area contributed by atoms with E-state index in [1.54, 1.807) is 0 Å². The first-order valence-electron chi connectivity index (χ1n) is 5.78. The van der Waals surface area contributed by atoms with Gasteiger partial charge in [0.15, 0.2) is 0 Å². The average molecular weight is 235 g/mol. The lowest BCUT2D eigenvalue weighted by atomic mass is 10.2. The fourth-order valence-electron chi connectivity index (χ4n) is 1.43. The van der Waals surface area contributed by atoms with Crippen molar-refractivity contribution in [3.8, 4) is 0 Å². The van der Waals surface area contributed by atoms with Crippen LogP contribution in [0.25, 0.3) is 0 Å². The fourth-order valence-corrected chi connectivity index (χ4v) is 1.43. The summed E-state index contributed by atoms with van der Waals surface area (Å²) in [5, 5.41) is 3.26. The summed E-state index contributed by atoms with van der Waals surface area (Å²) in [5.41, 5.74) is 3.15. The summed E-state index contributed by atoms with van der Waals surface area (Å²) in [4.78, 5) is 8.68. The van der Waals surface area contributed by atoms with E-state index in [1.165, 1.54) is 0 Å². The van der Waals surface area contributed by atoms with Crippen LogP contribution in [-0.4, -0.2) is 29.7 Å². The van der Waals surface area contributed by atoms with E-state index in [9.17, 15) is 0 Å². The highest BCUT2D eigenvalue weighted by Gasteiger charge is 2.04. The van der Waals surface area contributed by atoms with Gasteiger partial charge in [0.25, 0.3) is 0 Å². The molecule has 4 heteroatoms. The van der Waals surface area contributed by atoms with E-state index in [0.717, 1.165) is 35.0 Å². The van der Waals surface area contributed by atoms with Crippen molar-refractivity contribution in [2.24, 2.45) is 0 Å². The summed E-state index contributed by atoms with van der Waals surface area (Å²) in [6.07, 6.45) is 0. The van der Waals surface area contributed by atoms with Crippen molar-refractivity contribution < 1.29 is 4.74 Å². The normalized spacial score (nSPS) is 10.4. The molecule has 0 atom stereocenters. The van der Waals surface area contributed by atoms with Gasteiger partial charge >= 0.3 is 0 Å². The van der Waals surface area contributed by atoms with Crippen LogP contribution in [0.5, 0.6) is 0 Å². The van der Waals surface area contributed by atoms with Crippen LogP contribution in [0.1, 0.15) is 24.0 Å². The Morgan fingerprint density at radius 2 is 2.00 bits per heavy atom. The molecule has 0 aliphatic rings. The van der Waals surface area contributed by atoms with E-state index in [0.29, 0.717) is 13.2 Å². The fraction of sp³-hybridized carbons (Fsp3) is 0.538. The van der Waals surface area contributed by atoms with E-state index >= 15 is 0 Å². The third kappa shape index (κ3) is 4.53. The second-order valence-corrected chi connectivity index (χ2v) is 4.27. The Balaban J connectivity index is 2.44. The minimum atomic E-state index is 0.614. The zero-order chi connectivity index (χ0) is 12.8. The molecule has 0 spiro atoms. The molecule has 94 valence electrons. The van der Waals surface area contributed by atoms with Gasteiger partial charge in [-0.1, -0.05) is 12.2 Å². The number of aromatic nitrogens is 2. The van der Waals surface area contributed by atoms with Gasteiger partial charge in [-0.25, -0.2) is 9.97 Å². The Kier molecular flexibility index (Phi) is 5.10. The number of rotatable bonds is 6. The second kappa shape index (κ2) is 6.35. The van der Waals surface area contributed by atoms with E-state index < -0.39 is 0 Å². The molecule has 0 bridgehead atoms. The molecule has 1 aromatic rings. The minimum Gasteiger partial charge on any atom is -0.375 e. The number of anilines is 1. The summed E-state index contributed by atoms with van der Waals surface area (Å²) in [6, 6.07) is 0. The number of aryl methyl sites for hydroxylation is 2. The number of nitrogens with one attached hydrogen (secondary N) is 1. The molecule has 0 aliphatic carbocycles. The topological polar surface area (TPSA) is 47.0 Å². The van der Waals surface area contributed by atoms with Gasteiger partial charge in [0, 0.05) is 17.8 Å². The third-order valence-corrected chi connectivity index (χ3v) is 2.39. The molecule has 0 aromatic carbocycles. The van der Waals surface area contributed by atoms with Crippen LogP contribution < -0.4 is 5.32 Å². The first kappa shape index (κ1) is 13.6. The monoisotopic (exact) mass is 235 g/mol. The van der Waals surface area contributed by atoms with Gasteiger partial charge in [0.05, 0.1) is 13.2 Å². The Morgan fingerprint density at radius 3 is 2.65 bits per heavy atom.